The molecule has 3 heterocycles. The topological polar surface area (TPSA) is 89.5 Å². The van der Waals surface area contributed by atoms with Crippen molar-refractivity contribution in [1.29, 1.82) is 0 Å². The van der Waals surface area contributed by atoms with Gasteiger partial charge in [0.2, 0.25) is 0 Å². The first-order valence-corrected chi connectivity index (χ1v) is 10.6. The Bertz CT molecular complexity index is 730. The normalized spacial score (nSPS) is 26.2. The number of nitrogens with zero attached hydrogens (tertiary/aromatic N) is 3. The number of ketones is 1. The molecule has 2 aliphatic heterocycles. The van der Waals surface area contributed by atoms with E-state index in [2.05, 4.69) is 10.2 Å². The summed E-state index contributed by atoms with van der Waals surface area (Å²) in [6.45, 7) is 7.52. The van der Waals surface area contributed by atoms with E-state index < -0.39 is 22.3 Å². The van der Waals surface area contributed by atoms with Crippen LogP contribution in [0.5, 0.6) is 0 Å². The molecular formula is C15H19N3O4S3. The lowest BCUT2D eigenvalue weighted by atomic mass is 9.89. The first-order valence-electron chi connectivity index (χ1n) is 7.74. The first-order chi connectivity index (χ1) is 11.6. The molecule has 1 unspecified atom stereocenters. The molecule has 7 nitrogen and oxygen atoms in total. The zero-order valence-corrected chi connectivity index (χ0v) is 16.8. The van der Waals surface area contributed by atoms with E-state index in [4.69, 9.17) is 4.74 Å². The molecule has 1 amide bonds. The van der Waals surface area contributed by atoms with E-state index in [1.807, 2.05) is 27.7 Å². The maximum Gasteiger partial charge on any atom is 0.316 e. The number of Topliss-reactive ketones (excluding diaryl/α,β-unsaturated/α-hetero) is 1. The molecule has 2 aliphatic rings. The first kappa shape index (κ1) is 18.7. The van der Waals surface area contributed by atoms with Gasteiger partial charge in [-0.05, 0) is 27.7 Å². The van der Waals surface area contributed by atoms with Crippen LogP contribution >= 0.6 is 34.9 Å². The van der Waals surface area contributed by atoms with E-state index in [1.165, 1.54) is 39.8 Å². The van der Waals surface area contributed by atoms with Gasteiger partial charge in [0.05, 0.1) is 0 Å². The van der Waals surface area contributed by atoms with Crippen molar-refractivity contribution >= 4 is 52.5 Å². The molecule has 1 aromatic heterocycles. The zero-order chi connectivity index (χ0) is 18.4. The highest BCUT2D eigenvalue weighted by Crippen LogP contribution is 2.44. The number of esters is 1. The summed E-state index contributed by atoms with van der Waals surface area (Å²) < 4.78 is 6.40. The third kappa shape index (κ3) is 3.70. The third-order valence-corrected chi connectivity index (χ3v) is 7.55. The Hall–Kier alpha value is -1.13. The quantitative estimate of drug-likeness (QED) is 0.326. The lowest BCUT2D eigenvalue weighted by Crippen LogP contribution is -2.68. The summed E-state index contributed by atoms with van der Waals surface area (Å²) in [5, 5.41) is 8.47. The number of hydrogen-bond acceptors (Lipinski definition) is 9. The molecule has 3 rings (SSSR count). The SMILES string of the molecule is Cc1nnc(SCC2(C(=O)OC(C)(C)C)CS[C@@H]3C(=O)C(=O)N3C2)s1. The molecule has 25 heavy (non-hydrogen) atoms. The number of thioether (sulfide) groups is 2. The Morgan fingerprint density at radius 2 is 2.12 bits per heavy atom. The van der Waals surface area contributed by atoms with E-state index in [1.54, 1.807) is 0 Å². The highest BCUT2D eigenvalue weighted by atomic mass is 32.2. The molecule has 136 valence electrons. The molecule has 10 heteroatoms. The van der Waals surface area contributed by atoms with Crippen molar-refractivity contribution in [3.05, 3.63) is 5.01 Å². The zero-order valence-electron chi connectivity index (χ0n) is 14.4. The molecule has 2 atom stereocenters. The Labute approximate surface area is 158 Å². The number of β-lactam (4-membered cyclic amide) rings is 1. The van der Waals surface area contributed by atoms with E-state index >= 15 is 0 Å². The number of fused-ring (bicyclic) bond motifs is 1. The molecule has 2 saturated heterocycles. The van der Waals surface area contributed by atoms with E-state index in [0.717, 1.165) is 9.35 Å². The van der Waals surface area contributed by atoms with Crippen molar-refractivity contribution in [2.24, 2.45) is 5.41 Å². The smallest absolute Gasteiger partial charge is 0.316 e. The fourth-order valence-corrected chi connectivity index (χ4v) is 6.07. The van der Waals surface area contributed by atoms with Crippen LogP contribution in [0.2, 0.25) is 0 Å². The number of ether oxygens (including phenoxy) is 1. The summed E-state index contributed by atoms with van der Waals surface area (Å²) in [5.74, 6) is -0.370. The van der Waals surface area contributed by atoms with Crippen LogP contribution in [0, 0.1) is 12.3 Å². The van der Waals surface area contributed by atoms with Crippen molar-refractivity contribution < 1.29 is 19.1 Å². The number of carbonyl (C=O) groups excluding carboxylic acids is 3. The van der Waals surface area contributed by atoms with Gasteiger partial charge in [0.25, 0.3) is 11.7 Å². The van der Waals surface area contributed by atoms with Gasteiger partial charge in [-0.15, -0.1) is 22.0 Å². The summed E-state index contributed by atoms with van der Waals surface area (Å²) in [6, 6.07) is 0. The Balaban J connectivity index is 1.79. The van der Waals surface area contributed by atoms with Gasteiger partial charge in [-0.2, -0.15) is 0 Å². The van der Waals surface area contributed by atoms with Gasteiger partial charge < -0.3 is 9.64 Å². The lowest BCUT2D eigenvalue weighted by Gasteiger charge is -2.49. The van der Waals surface area contributed by atoms with Crippen molar-refractivity contribution in [2.45, 2.75) is 43.0 Å². The molecule has 0 N–H and O–H groups in total. The molecular weight excluding hydrogens is 382 g/mol. The summed E-state index contributed by atoms with van der Waals surface area (Å²) in [4.78, 5) is 37.9. The number of aromatic nitrogens is 2. The van der Waals surface area contributed by atoms with Crippen LogP contribution < -0.4 is 0 Å². The number of amides is 1. The Morgan fingerprint density at radius 1 is 1.40 bits per heavy atom. The Kier molecular flexibility index (Phi) is 4.89. The predicted molar refractivity (Wildman–Crippen MR) is 96.6 cm³/mol. The molecule has 0 spiro atoms. The van der Waals surface area contributed by atoms with Crippen LogP contribution in [0.3, 0.4) is 0 Å². The van der Waals surface area contributed by atoms with Crippen molar-refractivity contribution in [3.63, 3.8) is 0 Å². The summed E-state index contributed by atoms with van der Waals surface area (Å²) in [7, 11) is 0. The van der Waals surface area contributed by atoms with Crippen LogP contribution in [0.25, 0.3) is 0 Å². The fourth-order valence-electron chi connectivity index (χ4n) is 2.55. The summed E-state index contributed by atoms with van der Waals surface area (Å²) in [6.07, 6.45) is 0. The highest BCUT2D eigenvalue weighted by molar-refractivity contribution is 8.02. The average Bonchev–Trinajstić information content (AvgIpc) is 2.95. The van der Waals surface area contributed by atoms with E-state index in [9.17, 15) is 14.4 Å². The van der Waals surface area contributed by atoms with Crippen LogP contribution in [-0.2, 0) is 19.1 Å². The minimum Gasteiger partial charge on any atom is -0.459 e. The van der Waals surface area contributed by atoms with Gasteiger partial charge in [0, 0.05) is 18.1 Å². The monoisotopic (exact) mass is 401 g/mol. The number of rotatable bonds is 4. The van der Waals surface area contributed by atoms with Crippen LogP contribution in [0.4, 0.5) is 0 Å². The van der Waals surface area contributed by atoms with Gasteiger partial charge >= 0.3 is 5.97 Å². The standard InChI is InChI=1S/C15H19N3O4S3/c1-8-16-17-13(25-8)24-7-15(12(21)22-14(2,3)4)5-18-10(20)9(19)11(18)23-6-15/h11H,5-7H2,1-4H3/t11-,15?/m1/s1. The molecule has 0 aliphatic carbocycles. The van der Waals surface area contributed by atoms with Crippen molar-refractivity contribution in [1.82, 2.24) is 15.1 Å². The largest absolute Gasteiger partial charge is 0.459 e. The second-order valence-electron chi connectivity index (χ2n) is 7.12. The second kappa shape index (κ2) is 6.55. The van der Waals surface area contributed by atoms with Crippen molar-refractivity contribution in [2.75, 3.05) is 18.1 Å². The van der Waals surface area contributed by atoms with Gasteiger partial charge in [-0.3, -0.25) is 14.4 Å². The average molecular weight is 402 g/mol. The van der Waals surface area contributed by atoms with Crippen LogP contribution in [0.1, 0.15) is 25.8 Å². The minimum absolute atomic E-state index is 0.203. The predicted octanol–water partition coefficient (Wildman–Crippen LogP) is 1.75. The molecule has 0 saturated carbocycles. The number of carbonyl (C=O) groups is 3. The van der Waals surface area contributed by atoms with Gasteiger partial charge in [-0.1, -0.05) is 23.1 Å². The van der Waals surface area contributed by atoms with Crippen molar-refractivity contribution in [3.8, 4) is 0 Å². The van der Waals surface area contributed by atoms with E-state index in [-0.39, 0.29) is 18.3 Å². The number of hydrogen-bond donors (Lipinski definition) is 0. The minimum atomic E-state index is -0.866. The van der Waals surface area contributed by atoms with Gasteiger partial charge in [0.1, 0.15) is 21.4 Å². The fraction of sp³-hybridized carbons (Fsp3) is 0.667. The van der Waals surface area contributed by atoms with Crippen LogP contribution in [0.15, 0.2) is 4.34 Å². The van der Waals surface area contributed by atoms with Gasteiger partial charge in [0.15, 0.2) is 4.34 Å². The molecule has 0 bridgehead atoms. The molecule has 1 aromatic rings. The molecule has 0 radical (unpaired) electrons. The number of aryl methyl sites for hydroxylation is 1. The lowest BCUT2D eigenvalue weighted by molar-refractivity contribution is -0.171. The highest BCUT2D eigenvalue weighted by Gasteiger charge is 2.57. The van der Waals surface area contributed by atoms with Gasteiger partial charge in [-0.25, -0.2) is 0 Å². The summed E-state index contributed by atoms with van der Waals surface area (Å²) in [5.41, 5.74) is -1.49. The van der Waals surface area contributed by atoms with Crippen LogP contribution in [-0.4, -0.2) is 61.8 Å². The summed E-state index contributed by atoms with van der Waals surface area (Å²) >= 11 is 4.24. The maximum atomic E-state index is 12.9. The molecule has 0 aromatic carbocycles. The van der Waals surface area contributed by atoms with E-state index in [0.29, 0.717) is 11.5 Å². The Morgan fingerprint density at radius 3 is 2.72 bits per heavy atom. The second-order valence-corrected chi connectivity index (χ2v) is 10.6. The molecule has 2 fully saturated rings. The maximum absolute atomic E-state index is 12.9. The third-order valence-electron chi connectivity index (χ3n) is 3.78.